The molecule has 1 aromatic rings. The van der Waals surface area contributed by atoms with E-state index >= 15 is 0 Å². The van der Waals surface area contributed by atoms with Gasteiger partial charge in [0, 0.05) is 0 Å². The zero-order valence-electron chi connectivity index (χ0n) is 7.62. The molecular formula is C8H6Cl2N2O4. The summed E-state index contributed by atoms with van der Waals surface area (Å²) in [6, 6.07) is 2.37. The van der Waals surface area contributed by atoms with Crippen LogP contribution >= 0.6 is 23.2 Å². The minimum absolute atomic E-state index is 0.0938. The van der Waals surface area contributed by atoms with Crippen LogP contribution in [0.3, 0.4) is 0 Å². The largest absolute Gasteiger partial charge is 0.288 e. The summed E-state index contributed by atoms with van der Waals surface area (Å²) in [5, 5.41) is 16.4. The highest BCUT2D eigenvalue weighted by Crippen LogP contribution is 2.29. The SMILES string of the molecule is O=C(NO)c1ccc(C(=O)NO)c(Cl)c1Cl. The number of hydrogen-bond acceptors (Lipinski definition) is 4. The summed E-state index contributed by atoms with van der Waals surface area (Å²) in [5.74, 6) is -1.72. The second-order valence-corrected chi connectivity index (χ2v) is 3.43. The molecule has 1 rings (SSSR count). The zero-order chi connectivity index (χ0) is 12.3. The van der Waals surface area contributed by atoms with Crippen molar-refractivity contribution in [2.75, 3.05) is 0 Å². The number of hydroxylamine groups is 2. The molecule has 0 saturated heterocycles. The molecule has 0 fully saturated rings. The summed E-state index contributed by atoms with van der Waals surface area (Å²) in [6.45, 7) is 0. The first-order valence-electron chi connectivity index (χ1n) is 3.89. The van der Waals surface area contributed by atoms with Gasteiger partial charge < -0.3 is 0 Å². The topological polar surface area (TPSA) is 98.7 Å². The highest BCUT2D eigenvalue weighted by Gasteiger charge is 2.18. The van der Waals surface area contributed by atoms with Crippen molar-refractivity contribution in [3.05, 3.63) is 33.3 Å². The fourth-order valence-corrected chi connectivity index (χ4v) is 1.52. The molecule has 86 valence electrons. The highest BCUT2D eigenvalue weighted by molar-refractivity contribution is 6.45. The summed E-state index contributed by atoms with van der Waals surface area (Å²) in [7, 11) is 0. The molecule has 0 saturated carbocycles. The van der Waals surface area contributed by atoms with Crippen molar-refractivity contribution in [1.29, 1.82) is 0 Å². The van der Waals surface area contributed by atoms with Gasteiger partial charge >= 0.3 is 0 Å². The number of rotatable bonds is 2. The molecule has 4 N–H and O–H groups in total. The number of carbonyl (C=O) groups excluding carboxylic acids is 2. The van der Waals surface area contributed by atoms with Crippen LogP contribution < -0.4 is 11.0 Å². The number of carbonyl (C=O) groups is 2. The average molecular weight is 265 g/mol. The van der Waals surface area contributed by atoms with Crippen molar-refractivity contribution >= 4 is 35.0 Å². The van der Waals surface area contributed by atoms with E-state index in [1.165, 1.54) is 23.1 Å². The van der Waals surface area contributed by atoms with Crippen LogP contribution in [-0.4, -0.2) is 22.2 Å². The maximum Gasteiger partial charge on any atom is 0.276 e. The molecule has 0 atom stereocenters. The van der Waals surface area contributed by atoms with E-state index in [0.29, 0.717) is 0 Å². The second-order valence-electron chi connectivity index (χ2n) is 2.67. The zero-order valence-corrected chi connectivity index (χ0v) is 9.13. The van der Waals surface area contributed by atoms with E-state index in [4.69, 9.17) is 33.6 Å². The molecule has 16 heavy (non-hydrogen) atoms. The Hall–Kier alpha value is -1.34. The van der Waals surface area contributed by atoms with Gasteiger partial charge in [0.05, 0.1) is 21.2 Å². The van der Waals surface area contributed by atoms with Crippen molar-refractivity contribution in [3.8, 4) is 0 Å². The molecule has 6 nitrogen and oxygen atoms in total. The van der Waals surface area contributed by atoms with E-state index in [9.17, 15) is 9.59 Å². The summed E-state index contributed by atoms with van der Waals surface area (Å²) in [5.41, 5.74) is 2.57. The Labute approximate surface area is 99.7 Å². The van der Waals surface area contributed by atoms with Gasteiger partial charge in [-0.15, -0.1) is 0 Å². The Kier molecular flexibility index (Phi) is 4.08. The van der Waals surface area contributed by atoms with E-state index in [0.717, 1.165) is 0 Å². The van der Waals surface area contributed by atoms with Crippen LogP contribution in [0.15, 0.2) is 12.1 Å². The summed E-state index contributed by atoms with van der Waals surface area (Å²) < 4.78 is 0. The molecule has 8 heteroatoms. The molecule has 0 spiro atoms. The van der Waals surface area contributed by atoms with Gasteiger partial charge in [-0.3, -0.25) is 20.0 Å². The number of nitrogens with one attached hydrogen (secondary N) is 2. The van der Waals surface area contributed by atoms with Gasteiger partial charge in [-0.25, -0.2) is 11.0 Å². The van der Waals surface area contributed by atoms with Crippen LogP contribution in [0, 0.1) is 0 Å². The quantitative estimate of drug-likeness (QED) is 0.477. The molecule has 0 bridgehead atoms. The Morgan fingerprint density at radius 2 is 1.25 bits per heavy atom. The van der Waals surface area contributed by atoms with Gasteiger partial charge in [0.25, 0.3) is 11.8 Å². The van der Waals surface area contributed by atoms with Crippen LogP contribution in [0.2, 0.25) is 10.0 Å². The van der Waals surface area contributed by atoms with E-state index in [-0.39, 0.29) is 21.2 Å². The first kappa shape index (κ1) is 12.7. The van der Waals surface area contributed by atoms with Crippen LogP contribution in [0.4, 0.5) is 0 Å². The van der Waals surface area contributed by atoms with E-state index in [1.807, 2.05) is 0 Å². The molecule has 0 aliphatic carbocycles. The van der Waals surface area contributed by atoms with Gasteiger partial charge in [0.2, 0.25) is 0 Å². The van der Waals surface area contributed by atoms with Crippen molar-refractivity contribution in [1.82, 2.24) is 11.0 Å². The molecule has 0 aromatic heterocycles. The Morgan fingerprint density at radius 1 is 0.938 bits per heavy atom. The Balaban J connectivity index is 3.28. The fourth-order valence-electron chi connectivity index (χ4n) is 1.02. The monoisotopic (exact) mass is 264 g/mol. The molecule has 0 aliphatic rings. The lowest BCUT2D eigenvalue weighted by atomic mass is 10.1. The molecule has 1 aromatic carbocycles. The average Bonchev–Trinajstić information content (AvgIpc) is 2.30. The lowest BCUT2D eigenvalue weighted by Gasteiger charge is -2.07. The van der Waals surface area contributed by atoms with E-state index < -0.39 is 11.8 Å². The van der Waals surface area contributed by atoms with Gasteiger partial charge in [-0.2, -0.15) is 0 Å². The van der Waals surface area contributed by atoms with Gasteiger partial charge in [-0.05, 0) is 12.1 Å². The molecule has 0 radical (unpaired) electrons. The molecular weight excluding hydrogens is 259 g/mol. The molecule has 0 unspecified atom stereocenters. The number of benzene rings is 1. The third-order valence-corrected chi connectivity index (χ3v) is 2.66. The third kappa shape index (κ3) is 2.25. The highest BCUT2D eigenvalue weighted by atomic mass is 35.5. The van der Waals surface area contributed by atoms with Gasteiger partial charge in [0.1, 0.15) is 0 Å². The number of amides is 2. The standard InChI is InChI=1S/C8H6Cl2N2O4/c9-5-3(7(13)11-15)1-2-4(6(5)10)8(14)12-16/h1-2,15-16H,(H,11,13)(H,12,14). The second kappa shape index (κ2) is 5.13. The summed E-state index contributed by atoms with van der Waals surface area (Å²) in [6.07, 6.45) is 0. The fraction of sp³-hybridized carbons (Fsp3) is 0. The maximum absolute atomic E-state index is 11.1. The smallest absolute Gasteiger partial charge is 0.276 e. The summed E-state index contributed by atoms with van der Waals surface area (Å²) in [4.78, 5) is 22.2. The first-order valence-corrected chi connectivity index (χ1v) is 4.65. The Bertz CT molecular complexity index is 409. The van der Waals surface area contributed by atoms with Crippen molar-refractivity contribution in [2.45, 2.75) is 0 Å². The minimum Gasteiger partial charge on any atom is -0.288 e. The lowest BCUT2D eigenvalue weighted by molar-refractivity contribution is 0.0698. The number of hydrogen-bond donors (Lipinski definition) is 4. The summed E-state index contributed by atoms with van der Waals surface area (Å²) >= 11 is 11.4. The predicted molar refractivity (Wildman–Crippen MR) is 55.0 cm³/mol. The van der Waals surface area contributed by atoms with Crippen molar-refractivity contribution < 1.29 is 20.0 Å². The van der Waals surface area contributed by atoms with E-state index in [2.05, 4.69) is 0 Å². The predicted octanol–water partition coefficient (Wildman–Crippen LogP) is 1.23. The van der Waals surface area contributed by atoms with Gasteiger partial charge in [0.15, 0.2) is 0 Å². The normalized spacial score (nSPS) is 9.75. The molecule has 0 heterocycles. The van der Waals surface area contributed by atoms with Gasteiger partial charge in [-0.1, -0.05) is 23.2 Å². The lowest BCUT2D eigenvalue weighted by Crippen LogP contribution is -2.21. The van der Waals surface area contributed by atoms with Crippen LogP contribution in [0.1, 0.15) is 20.7 Å². The number of halogens is 2. The molecule has 0 aliphatic heterocycles. The Morgan fingerprint density at radius 3 is 1.50 bits per heavy atom. The first-order chi connectivity index (χ1) is 7.52. The third-order valence-electron chi connectivity index (χ3n) is 1.77. The van der Waals surface area contributed by atoms with Crippen LogP contribution in [-0.2, 0) is 0 Å². The van der Waals surface area contributed by atoms with Crippen molar-refractivity contribution in [2.24, 2.45) is 0 Å². The van der Waals surface area contributed by atoms with Crippen LogP contribution in [0.5, 0.6) is 0 Å². The van der Waals surface area contributed by atoms with Crippen molar-refractivity contribution in [3.63, 3.8) is 0 Å². The molecule has 2 amide bonds. The minimum atomic E-state index is -0.858. The van der Waals surface area contributed by atoms with Crippen LogP contribution in [0.25, 0.3) is 0 Å². The van der Waals surface area contributed by atoms with E-state index in [1.54, 1.807) is 0 Å². The maximum atomic E-state index is 11.1.